The zero-order chi connectivity index (χ0) is 23.0. The van der Waals surface area contributed by atoms with Crippen LogP contribution in [0.15, 0.2) is 47.6 Å². The molecule has 0 saturated heterocycles. The average Bonchev–Trinajstić information content (AvgIpc) is 2.75. The highest BCUT2D eigenvalue weighted by Gasteiger charge is 2.24. The Bertz CT molecular complexity index is 926. The summed E-state index contributed by atoms with van der Waals surface area (Å²) >= 11 is 11.9. The molecule has 2 aromatic carbocycles. The molecule has 0 fully saturated rings. The summed E-state index contributed by atoms with van der Waals surface area (Å²) in [6.07, 6.45) is 1.57. The fourth-order valence-corrected chi connectivity index (χ4v) is 3.29. The maximum Gasteiger partial charge on any atom is 0.262 e. The Labute approximate surface area is 193 Å². The second kappa shape index (κ2) is 11.7. The topological polar surface area (TPSA) is 73.8 Å². The van der Waals surface area contributed by atoms with Gasteiger partial charge in [-0.1, -0.05) is 49.2 Å². The van der Waals surface area contributed by atoms with E-state index < -0.39 is 17.9 Å². The predicted octanol–water partition coefficient (Wildman–Crippen LogP) is 4.74. The van der Waals surface area contributed by atoms with E-state index in [1.807, 2.05) is 38.1 Å². The van der Waals surface area contributed by atoms with Crippen LogP contribution in [0.4, 0.5) is 5.69 Å². The van der Waals surface area contributed by atoms with E-state index in [2.05, 4.69) is 34.6 Å². The van der Waals surface area contributed by atoms with Gasteiger partial charge in [-0.3, -0.25) is 9.59 Å². The molecular formula is C23H28Cl2N4O2. The van der Waals surface area contributed by atoms with E-state index in [1.165, 1.54) is 6.07 Å². The van der Waals surface area contributed by atoms with Gasteiger partial charge in [0, 0.05) is 24.3 Å². The quantitative estimate of drug-likeness (QED) is 0.417. The number of rotatable bonds is 9. The zero-order valence-corrected chi connectivity index (χ0v) is 19.7. The molecule has 0 radical (unpaired) electrons. The third-order valence-electron chi connectivity index (χ3n) is 4.83. The molecule has 31 heavy (non-hydrogen) atoms. The first-order valence-corrected chi connectivity index (χ1v) is 11.0. The lowest BCUT2D eigenvalue weighted by molar-refractivity contribution is -0.123. The van der Waals surface area contributed by atoms with Gasteiger partial charge in [0.1, 0.15) is 6.04 Å². The highest BCUT2D eigenvalue weighted by molar-refractivity contribution is 6.42. The van der Waals surface area contributed by atoms with Crippen molar-refractivity contribution >= 4 is 46.9 Å². The minimum Gasteiger partial charge on any atom is -0.372 e. The lowest BCUT2D eigenvalue weighted by Crippen LogP contribution is -2.48. The summed E-state index contributed by atoms with van der Waals surface area (Å²) < 4.78 is 0. The van der Waals surface area contributed by atoms with Gasteiger partial charge in [0.05, 0.1) is 16.3 Å². The second-order valence-electron chi connectivity index (χ2n) is 7.32. The Morgan fingerprint density at radius 3 is 2.23 bits per heavy atom. The van der Waals surface area contributed by atoms with E-state index in [0.29, 0.717) is 10.6 Å². The molecule has 2 aromatic rings. The van der Waals surface area contributed by atoms with Crippen LogP contribution in [0.2, 0.25) is 10.0 Å². The van der Waals surface area contributed by atoms with Gasteiger partial charge in [0.2, 0.25) is 0 Å². The van der Waals surface area contributed by atoms with Gasteiger partial charge in [0.15, 0.2) is 0 Å². The molecule has 0 aliphatic carbocycles. The largest absolute Gasteiger partial charge is 0.372 e. The SMILES string of the molecule is CCN(CC)c1ccc(/C=N/NC(=O)C(NC(=O)c2ccc(Cl)c(Cl)c2)C(C)C)cc1. The molecule has 2 N–H and O–H groups in total. The summed E-state index contributed by atoms with van der Waals surface area (Å²) in [5.74, 6) is -0.960. The van der Waals surface area contributed by atoms with Crippen LogP contribution >= 0.6 is 23.2 Å². The molecule has 1 unspecified atom stereocenters. The molecule has 166 valence electrons. The molecule has 8 heteroatoms. The van der Waals surface area contributed by atoms with Crippen molar-refractivity contribution in [3.05, 3.63) is 63.6 Å². The molecule has 2 rings (SSSR count). The minimum atomic E-state index is -0.760. The van der Waals surface area contributed by atoms with Gasteiger partial charge in [-0.2, -0.15) is 5.10 Å². The molecule has 0 aliphatic rings. The van der Waals surface area contributed by atoms with Gasteiger partial charge in [-0.25, -0.2) is 5.43 Å². The van der Waals surface area contributed by atoms with Gasteiger partial charge >= 0.3 is 0 Å². The Hall–Kier alpha value is -2.57. The standard InChI is InChI=1S/C23H28Cl2N4O2/c1-5-29(6-2)18-10-7-16(8-11-18)14-26-28-23(31)21(15(3)4)27-22(30)17-9-12-19(24)20(25)13-17/h7-15,21H,5-6H2,1-4H3,(H,27,30)(H,28,31)/b26-14+. The number of nitrogens with zero attached hydrogens (tertiary/aromatic N) is 2. The van der Waals surface area contributed by atoms with E-state index >= 15 is 0 Å². The van der Waals surface area contributed by atoms with Crippen LogP contribution in [-0.2, 0) is 4.79 Å². The van der Waals surface area contributed by atoms with Crippen molar-refractivity contribution in [1.29, 1.82) is 0 Å². The summed E-state index contributed by atoms with van der Waals surface area (Å²) in [5, 5.41) is 7.40. The number of halogens is 2. The van der Waals surface area contributed by atoms with E-state index in [4.69, 9.17) is 23.2 Å². The molecule has 0 aliphatic heterocycles. The lowest BCUT2D eigenvalue weighted by Gasteiger charge is -2.21. The summed E-state index contributed by atoms with van der Waals surface area (Å²) in [5.41, 5.74) is 4.83. The highest BCUT2D eigenvalue weighted by Crippen LogP contribution is 2.22. The molecule has 0 spiro atoms. The Balaban J connectivity index is 2.00. The Kier molecular flexibility index (Phi) is 9.34. The molecule has 0 aromatic heterocycles. The summed E-state index contributed by atoms with van der Waals surface area (Å²) in [6, 6.07) is 11.7. The van der Waals surface area contributed by atoms with E-state index in [9.17, 15) is 9.59 Å². The summed E-state index contributed by atoms with van der Waals surface area (Å²) in [6.45, 7) is 9.78. The minimum absolute atomic E-state index is 0.143. The van der Waals surface area contributed by atoms with E-state index in [1.54, 1.807) is 18.3 Å². The number of anilines is 1. The molecule has 2 amide bonds. The van der Waals surface area contributed by atoms with Crippen LogP contribution in [0, 0.1) is 5.92 Å². The molecule has 0 bridgehead atoms. The summed E-state index contributed by atoms with van der Waals surface area (Å²) in [4.78, 5) is 27.4. The second-order valence-corrected chi connectivity index (χ2v) is 8.14. The number of carbonyl (C=O) groups is 2. The number of amides is 2. The van der Waals surface area contributed by atoms with Crippen molar-refractivity contribution in [3.63, 3.8) is 0 Å². The van der Waals surface area contributed by atoms with Crippen molar-refractivity contribution in [3.8, 4) is 0 Å². The lowest BCUT2D eigenvalue weighted by atomic mass is 10.0. The van der Waals surface area contributed by atoms with Gasteiger partial charge in [0.25, 0.3) is 11.8 Å². The Morgan fingerprint density at radius 1 is 1.03 bits per heavy atom. The van der Waals surface area contributed by atoms with Gasteiger partial charge in [-0.15, -0.1) is 0 Å². The molecule has 0 saturated carbocycles. The molecule has 0 heterocycles. The zero-order valence-electron chi connectivity index (χ0n) is 18.2. The van der Waals surface area contributed by atoms with Crippen molar-refractivity contribution < 1.29 is 9.59 Å². The smallest absolute Gasteiger partial charge is 0.262 e. The summed E-state index contributed by atoms with van der Waals surface area (Å²) in [7, 11) is 0. The van der Waals surface area contributed by atoms with E-state index in [-0.39, 0.29) is 10.9 Å². The monoisotopic (exact) mass is 462 g/mol. The number of benzene rings is 2. The number of hydrogen-bond donors (Lipinski definition) is 2. The normalized spacial score (nSPS) is 12.1. The third kappa shape index (κ3) is 6.97. The molecular weight excluding hydrogens is 435 g/mol. The first kappa shape index (κ1) is 24.7. The first-order chi connectivity index (χ1) is 14.8. The Morgan fingerprint density at radius 2 is 1.68 bits per heavy atom. The number of hydrazone groups is 1. The van der Waals surface area contributed by atoms with Crippen LogP contribution in [0.3, 0.4) is 0 Å². The maximum atomic E-state index is 12.6. The van der Waals surface area contributed by atoms with Crippen molar-refractivity contribution in [2.24, 2.45) is 11.0 Å². The highest BCUT2D eigenvalue weighted by atomic mass is 35.5. The van der Waals surface area contributed by atoms with Gasteiger partial charge < -0.3 is 10.2 Å². The number of nitrogens with one attached hydrogen (secondary N) is 2. The van der Waals surface area contributed by atoms with Crippen molar-refractivity contribution in [1.82, 2.24) is 10.7 Å². The first-order valence-electron chi connectivity index (χ1n) is 10.2. The van der Waals surface area contributed by atoms with Crippen LogP contribution in [0.1, 0.15) is 43.6 Å². The van der Waals surface area contributed by atoms with Crippen LogP contribution in [0.25, 0.3) is 0 Å². The van der Waals surface area contributed by atoms with Crippen LogP contribution in [-0.4, -0.2) is 37.2 Å². The maximum absolute atomic E-state index is 12.6. The third-order valence-corrected chi connectivity index (χ3v) is 5.57. The predicted molar refractivity (Wildman–Crippen MR) is 128 cm³/mol. The molecule has 1 atom stereocenters. The van der Waals surface area contributed by atoms with Gasteiger partial charge in [-0.05, 0) is 55.7 Å². The van der Waals surface area contributed by atoms with Crippen LogP contribution < -0.4 is 15.6 Å². The van der Waals surface area contributed by atoms with Crippen molar-refractivity contribution in [2.75, 3.05) is 18.0 Å². The molecule has 6 nitrogen and oxygen atoms in total. The van der Waals surface area contributed by atoms with Crippen LogP contribution in [0.5, 0.6) is 0 Å². The number of carbonyl (C=O) groups excluding carboxylic acids is 2. The average molecular weight is 463 g/mol. The fraction of sp³-hybridized carbons (Fsp3) is 0.348. The number of hydrogen-bond acceptors (Lipinski definition) is 4. The van der Waals surface area contributed by atoms with E-state index in [0.717, 1.165) is 24.3 Å². The van der Waals surface area contributed by atoms with Crippen molar-refractivity contribution in [2.45, 2.75) is 33.7 Å². The fourth-order valence-electron chi connectivity index (χ4n) is 3.00.